The Balaban J connectivity index is 2.86. The molecule has 1 atom stereocenters. The molecule has 0 radical (unpaired) electrons. The summed E-state index contributed by atoms with van der Waals surface area (Å²) in [5, 5.41) is 1.53. The quantitative estimate of drug-likeness (QED) is 0.614. The summed E-state index contributed by atoms with van der Waals surface area (Å²) >= 11 is 0. The summed E-state index contributed by atoms with van der Waals surface area (Å²) in [5.74, 6) is -2.48. The van der Waals surface area contributed by atoms with Gasteiger partial charge in [0.25, 0.3) is 5.91 Å². The molecule has 1 saturated heterocycles. The van der Waals surface area contributed by atoms with Crippen molar-refractivity contribution in [2.75, 3.05) is 6.54 Å². The number of imide groups is 1. The van der Waals surface area contributed by atoms with Crippen molar-refractivity contribution in [2.24, 2.45) is 0 Å². The molecule has 0 aromatic rings. The van der Waals surface area contributed by atoms with E-state index in [9.17, 15) is 27.6 Å². The van der Waals surface area contributed by atoms with Crippen LogP contribution in [0.2, 0.25) is 0 Å². The van der Waals surface area contributed by atoms with Crippen LogP contribution >= 0.6 is 0 Å². The van der Waals surface area contributed by atoms with Crippen molar-refractivity contribution in [1.82, 2.24) is 10.2 Å². The van der Waals surface area contributed by atoms with E-state index in [1.165, 1.54) is 19.2 Å². The second-order valence-corrected chi connectivity index (χ2v) is 4.48. The lowest BCUT2D eigenvalue weighted by Gasteiger charge is -2.24. The molecule has 1 N–H and O–H groups in total. The number of urea groups is 1. The van der Waals surface area contributed by atoms with Gasteiger partial charge >= 0.3 is 18.2 Å². The molecular formula is C10H13F3N2O4. The summed E-state index contributed by atoms with van der Waals surface area (Å²) in [6.45, 7) is 2.75. The van der Waals surface area contributed by atoms with E-state index < -0.39 is 42.3 Å². The van der Waals surface area contributed by atoms with Gasteiger partial charge < -0.3 is 10.1 Å². The van der Waals surface area contributed by atoms with Gasteiger partial charge in [-0.25, -0.2) is 4.79 Å². The third kappa shape index (κ3) is 2.79. The van der Waals surface area contributed by atoms with E-state index in [0.29, 0.717) is 6.92 Å². The molecule has 0 aromatic heterocycles. The zero-order valence-electron chi connectivity index (χ0n) is 10.5. The third-order valence-corrected chi connectivity index (χ3v) is 2.50. The first-order valence-corrected chi connectivity index (χ1v) is 5.39. The van der Waals surface area contributed by atoms with Crippen molar-refractivity contribution in [3.05, 3.63) is 0 Å². The van der Waals surface area contributed by atoms with E-state index in [1.54, 1.807) is 0 Å². The Morgan fingerprint density at radius 3 is 2.32 bits per heavy atom. The van der Waals surface area contributed by atoms with Gasteiger partial charge in [0.1, 0.15) is 6.54 Å². The monoisotopic (exact) mass is 282 g/mol. The Kier molecular flexibility index (Phi) is 3.78. The minimum absolute atomic E-state index is 0.193. The first-order chi connectivity index (χ1) is 8.49. The lowest BCUT2D eigenvalue weighted by molar-refractivity contribution is -0.191. The summed E-state index contributed by atoms with van der Waals surface area (Å²) < 4.78 is 42.8. The van der Waals surface area contributed by atoms with E-state index in [1.807, 2.05) is 0 Å². The van der Waals surface area contributed by atoms with Crippen LogP contribution in [0.1, 0.15) is 20.8 Å². The van der Waals surface area contributed by atoms with E-state index >= 15 is 0 Å². The normalized spacial score (nSPS) is 23.8. The SMILES string of the molecule is CC(C)OC(=O)CN1C(=O)NC(C)(C(F)(F)F)C1=O. The molecule has 0 saturated carbocycles. The van der Waals surface area contributed by atoms with Crippen molar-refractivity contribution < 1.29 is 32.3 Å². The van der Waals surface area contributed by atoms with Crippen LogP contribution in [0.4, 0.5) is 18.0 Å². The molecule has 0 aliphatic carbocycles. The van der Waals surface area contributed by atoms with Crippen molar-refractivity contribution in [1.29, 1.82) is 0 Å². The van der Waals surface area contributed by atoms with Gasteiger partial charge in [-0.1, -0.05) is 0 Å². The van der Waals surface area contributed by atoms with Crippen LogP contribution in [0.3, 0.4) is 0 Å². The number of hydrogen-bond donors (Lipinski definition) is 1. The molecule has 1 fully saturated rings. The molecule has 0 bridgehead atoms. The molecule has 1 aliphatic rings. The van der Waals surface area contributed by atoms with Crippen molar-refractivity contribution >= 4 is 17.9 Å². The van der Waals surface area contributed by atoms with E-state index in [0.717, 1.165) is 0 Å². The number of esters is 1. The number of halogens is 3. The maximum Gasteiger partial charge on any atom is 0.420 e. The van der Waals surface area contributed by atoms with Gasteiger partial charge in [0.2, 0.25) is 5.54 Å². The Morgan fingerprint density at radius 2 is 1.95 bits per heavy atom. The van der Waals surface area contributed by atoms with Crippen LogP contribution in [-0.4, -0.2) is 47.2 Å². The standard InChI is InChI=1S/C10H13F3N2O4/c1-5(2)19-6(16)4-15-7(17)9(3,10(11,12)13)14-8(15)18/h5H,4H2,1-3H3,(H,14,18). The van der Waals surface area contributed by atoms with E-state index in [4.69, 9.17) is 0 Å². The van der Waals surface area contributed by atoms with Crippen molar-refractivity contribution in [2.45, 2.75) is 38.6 Å². The van der Waals surface area contributed by atoms with Gasteiger partial charge in [-0.05, 0) is 20.8 Å². The number of amides is 3. The first kappa shape index (κ1) is 15.3. The number of carbonyl (C=O) groups is 3. The van der Waals surface area contributed by atoms with Crippen LogP contribution in [0.5, 0.6) is 0 Å². The van der Waals surface area contributed by atoms with Crippen LogP contribution < -0.4 is 5.32 Å². The van der Waals surface area contributed by atoms with Crippen molar-refractivity contribution in [3.63, 3.8) is 0 Å². The smallest absolute Gasteiger partial charge is 0.420 e. The largest absolute Gasteiger partial charge is 0.462 e. The number of ether oxygens (including phenoxy) is 1. The highest BCUT2D eigenvalue weighted by molar-refractivity contribution is 6.09. The van der Waals surface area contributed by atoms with Gasteiger partial charge in [0.05, 0.1) is 6.10 Å². The number of carbonyl (C=O) groups excluding carboxylic acids is 3. The van der Waals surface area contributed by atoms with Crippen LogP contribution in [0.25, 0.3) is 0 Å². The second-order valence-electron chi connectivity index (χ2n) is 4.48. The Morgan fingerprint density at radius 1 is 1.42 bits per heavy atom. The summed E-state index contributed by atoms with van der Waals surface area (Å²) in [4.78, 5) is 34.5. The van der Waals surface area contributed by atoms with Gasteiger partial charge in [0.15, 0.2) is 0 Å². The molecule has 1 rings (SSSR count). The highest BCUT2D eigenvalue weighted by atomic mass is 19.4. The summed E-state index contributed by atoms with van der Waals surface area (Å²) in [6.07, 6.45) is -5.45. The zero-order chi connectivity index (χ0) is 15.0. The predicted molar refractivity (Wildman–Crippen MR) is 55.9 cm³/mol. The molecule has 0 aromatic carbocycles. The molecule has 1 unspecified atom stereocenters. The molecule has 3 amide bonds. The lowest BCUT2D eigenvalue weighted by Crippen LogP contribution is -2.56. The average Bonchev–Trinajstić information content (AvgIpc) is 2.41. The Labute approximate surface area is 106 Å². The maximum absolute atomic E-state index is 12.7. The fourth-order valence-corrected chi connectivity index (χ4v) is 1.46. The number of alkyl halides is 3. The maximum atomic E-state index is 12.7. The van der Waals surface area contributed by atoms with Crippen molar-refractivity contribution in [3.8, 4) is 0 Å². The summed E-state index contributed by atoms with van der Waals surface area (Å²) in [7, 11) is 0. The molecule has 6 nitrogen and oxygen atoms in total. The van der Waals surface area contributed by atoms with Gasteiger partial charge in [-0.15, -0.1) is 0 Å². The van der Waals surface area contributed by atoms with Crippen LogP contribution in [0.15, 0.2) is 0 Å². The van der Waals surface area contributed by atoms with Crippen LogP contribution in [0, 0.1) is 0 Å². The first-order valence-electron chi connectivity index (χ1n) is 5.39. The van der Waals surface area contributed by atoms with Gasteiger partial charge in [-0.2, -0.15) is 13.2 Å². The summed E-state index contributed by atoms with van der Waals surface area (Å²) in [6, 6.07) is -1.27. The fraction of sp³-hybridized carbons (Fsp3) is 0.700. The molecule has 1 heterocycles. The lowest BCUT2D eigenvalue weighted by atomic mass is 10.0. The van der Waals surface area contributed by atoms with Gasteiger partial charge in [-0.3, -0.25) is 14.5 Å². The number of nitrogens with one attached hydrogen (secondary N) is 1. The molecule has 9 heteroatoms. The Bertz CT molecular complexity index is 421. The van der Waals surface area contributed by atoms with E-state index in [-0.39, 0.29) is 4.90 Å². The highest BCUT2D eigenvalue weighted by Crippen LogP contribution is 2.35. The molecule has 19 heavy (non-hydrogen) atoms. The zero-order valence-corrected chi connectivity index (χ0v) is 10.5. The molecule has 1 aliphatic heterocycles. The topological polar surface area (TPSA) is 75.7 Å². The predicted octanol–water partition coefficient (Wildman–Crippen LogP) is 0.811. The minimum atomic E-state index is -4.95. The minimum Gasteiger partial charge on any atom is -0.462 e. The van der Waals surface area contributed by atoms with Gasteiger partial charge in [0, 0.05) is 0 Å². The van der Waals surface area contributed by atoms with E-state index in [2.05, 4.69) is 4.74 Å². The number of nitrogens with zero attached hydrogens (tertiary/aromatic N) is 1. The fourth-order valence-electron chi connectivity index (χ4n) is 1.46. The van der Waals surface area contributed by atoms with Crippen LogP contribution in [-0.2, 0) is 14.3 Å². The Hall–Kier alpha value is -1.80. The average molecular weight is 282 g/mol. The summed E-state index contributed by atoms with van der Waals surface area (Å²) in [5.41, 5.74) is -3.01. The number of hydrogen-bond acceptors (Lipinski definition) is 4. The highest BCUT2D eigenvalue weighted by Gasteiger charge is 2.64. The molecular weight excluding hydrogens is 269 g/mol. The number of rotatable bonds is 3. The molecule has 0 spiro atoms. The molecule has 108 valence electrons. The third-order valence-electron chi connectivity index (χ3n) is 2.50. The second kappa shape index (κ2) is 4.71.